The van der Waals surface area contributed by atoms with Crippen LogP contribution in [0.25, 0.3) is 0 Å². The summed E-state index contributed by atoms with van der Waals surface area (Å²) in [6, 6.07) is 17.0. The highest BCUT2D eigenvalue weighted by molar-refractivity contribution is 6.30. The van der Waals surface area contributed by atoms with Crippen molar-refractivity contribution in [3.8, 4) is 6.07 Å². The fraction of sp³-hybridized carbons (Fsp3) is 0.238. The molecule has 0 radical (unpaired) electrons. The van der Waals surface area contributed by atoms with Gasteiger partial charge in [-0.3, -0.25) is 14.4 Å². The molecule has 0 aliphatic heterocycles. The van der Waals surface area contributed by atoms with Gasteiger partial charge in [0.1, 0.15) is 6.54 Å². The second kappa shape index (κ2) is 10.8. The van der Waals surface area contributed by atoms with Gasteiger partial charge in [-0.25, -0.2) is 0 Å². The van der Waals surface area contributed by atoms with Crippen molar-refractivity contribution in [2.24, 2.45) is 0 Å². The number of esters is 1. The van der Waals surface area contributed by atoms with E-state index in [1.165, 1.54) is 24.0 Å². The molecule has 2 rings (SSSR count). The minimum Gasteiger partial charge on any atom is -0.451 e. The number of para-hydroxylation sites is 1. The van der Waals surface area contributed by atoms with Gasteiger partial charge in [0.15, 0.2) is 6.10 Å². The van der Waals surface area contributed by atoms with Crippen LogP contribution in [0.5, 0.6) is 0 Å². The number of hydrogen-bond donors (Lipinski definition) is 1. The Hall–Kier alpha value is -3.37. The molecule has 0 bridgehead atoms. The molecule has 0 aliphatic carbocycles. The van der Waals surface area contributed by atoms with E-state index in [1.807, 2.05) is 12.1 Å². The van der Waals surface area contributed by atoms with Crippen molar-refractivity contribution in [2.45, 2.75) is 19.4 Å². The largest absolute Gasteiger partial charge is 0.451 e. The minimum atomic E-state index is -1.08. The summed E-state index contributed by atoms with van der Waals surface area (Å²) in [5.74, 6) is -1.66. The number of amides is 2. The lowest BCUT2D eigenvalue weighted by Gasteiger charge is -2.25. The SMILES string of the molecule is C[C@@H](OC(=O)CNC(=O)c1ccc(Cl)cc1)C(=O)N(CCC#N)c1ccccc1. The lowest BCUT2D eigenvalue weighted by atomic mass is 10.2. The van der Waals surface area contributed by atoms with Gasteiger partial charge in [0.2, 0.25) is 0 Å². The summed E-state index contributed by atoms with van der Waals surface area (Å²) >= 11 is 5.77. The molecule has 2 aromatic rings. The first-order chi connectivity index (χ1) is 13.9. The van der Waals surface area contributed by atoms with Crippen molar-refractivity contribution in [1.82, 2.24) is 5.32 Å². The monoisotopic (exact) mass is 413 g/mol. The van der Waals surface area contributed by atoms with Gasteiger partial charge < -0.3 is 15.0 Å². The molecule has 0 spiro atoms. The van der Waals surface area contributed by atoms with Gasteiger partial charge in [-0.05, 0) is 43.3 Å². The Balaban J connectivity index is 1.92. The summed E-state index contributed by atoms with van der Waals surface area (Å²) in [6.45, 7) is 1.24. The van der Waals surface area contributed by atoms with Crippen molar-refractivity contribution >= 4 is 35.1 Å². The number of halogens is 1. The van der Waals surface area contributed by atoms with E-state index in [0.717, 1.165) is 0 Å². The molecule has 0 unspecified atom stereocenters. The third-order valence-electron chi connectivity index (χ3n) is 3.94. The number of benzene rings is 2. The number of nitrogens with zero attached hydrogens (tertiary/aromatic N) is 2. The highest BCUT2D eigenvalue weighted by Gasteiger charge is 2.25. The van der Waals surface area contributed by atoms with Gasteiger partial charge in [0.05, 0.1) is 12.5 Å². The molecule has 0 aliphatic rings. The number of nitrogens with one attached hydrogen (secondary N) is 1. The van der Waals surface area contributed by atoms with Crippen molar-refractivity contribution in [3.63, 3.8) is 0 Å². The fourth-order valence-electron chi connectivity index (χ4n) is 2.50. The van der Waals surface area contributed by atoms with Crippen LogP contribution in [0.2, 0.25) is 5.02 Å². The molecule has 150 valence electrons. The topological polar surface area (TPSA) is 99.5 Å². The van der Waals surface area contributed by atoms with Crippen LogP contribution in [-0.2, 0) is 14.3 Å². The average Bonchev–Trinajstić information content (AvgIpc) is 2.73. The summed E-state index contributed by atoms with van der Waals surface area (Å²) in [7, 11) is 0. The molecule has 0 fully saturated rings. The molecule has 1 atom stereocenters. The van der Waals surface area contributed by atoms with E-state index in [9.17, 15) is 14.4 Å². The smallest absolute Gasteiger partial charge is 0.326 e. The van der Waals surface area contributed by atoms with Crippen LogP contribution in [0, 0.1) is 11.3 Å². The van der Waals surface area contributed by atoms with E-state index in [4.69, 9.17) is 21.6 Å². The maximum Gasteiger partial charge on any atom is 0.326 e. The Morgan fingerprint density at radius 2 is 1.79 bits per heavy atom. The first-order valence-electron chi connectivity index (χ1n) is 8.89. The van der Waals surface area contributed by atoms with E-state index in [1.54, 1.807) is 36.4 Å². The van der Waals surface area contributed by atoms with Crippen molar-refractivity contribution in [1.29, 1.82) is 5.26 Å². The third-order valence-corrected chi connectivity index (χ3v) is 4.19. The molecule has 2 aromatic carbocycles. The van der Waals surface area contributed by atoms with Crippen LogP contribution in [0.1, 0.15) is 23.7 Å². The van der Waals surface area contributed by atoms with E-state index in [2.05, 4.69) is 5.32 Å². The number of anilines is 1. The third kappa shape index (κ3) is 6.63. The molecule has 0 heterocycles. The summed E-state index contributed by atoms with van der Waals surface area (Å²) < 4.78 is 5.15. The first-order valence-corrected chi connectivity index (χ1v) is 9.26. The van der Waals surface area contributed by atoms with Crippen molar-refractivity contribution in [3.05, 3.63) is 65.2 Å². The second-order valence-corrected chi connectivity index (χ2v) is 6.49. The summed E-state index contributed by atoms with van der Waals surface area (Å²) in [5.41, 5.74) is 0.949. The summed E-state index contributed by atoms with van der Waals surface area (Å²) in [4.78, 5) is 38.2. The summed E-state index contributed by atoms with van der Waals surface area (Å²) in [6.07, 6.45) is -0.938. The Labute approximate surface area is 173 Å². The number of ether oxygens (including phenoxy) is 1. The molecule has 1 N–H and O–H groups in total. The first kappa shape index (κ1) is 21.9. The highest BCUT2D eigenvalue weighted by Crippen LogP contribution is 2.16. The average molecular weight is 414 g/mol. The van der Waals surface area contributed by atoms with E-state index < -0.39 is 23.9 Å². The minimum absolute atomic E-state index is 0.137. The standard InChI is InChI=1S/C21H20ClN3O4/c1-15(21(28)25(13-5-12-23)18-6-3-2-4-7-18)29-19(26)14-24-20(27)16-8-10-17(22)11-9-16/h2-4,6-11,15H,5,13-14H2,1H3,(H,24,27)/t15-/m1/s1. The molecule has 0 saturated heterocycles. The number of rotatable bonds is 8. The molecule has 8 heteroatoms. The number of hydrogen-bond acceptors (Lipinski definition) is 5. The quantitative estimate of drug-likeness (QED) is 0.670. The van der Waals surface area contributed by atoms with Gasteiger partial charge in [-0.1, -0.05) is 29.8 Å². The fourth-order valence-corrected chi connectivity index (χ4v) is 2.63. The predicted octanol–water partition coefficient (Wildman–Crippen LogP) is 2.95. The van der Waals surface area contributed by atoms with E-state index in [-0.39, 0.29) is 19.5 Å². The van der Waals surface area contributed by atoms with Crippen LogP contribution < -0.4 is 10.2 Å². The van der Waals surface area contributed by atoms with Gasteiger partial charge in [-0.2, -0.15) is 5.26 Å². The van der Waals surface area contributed by atoms with Crippen LogP contribution in [0.4, 0.5) is 5.69 Å². The van der Waals surface area contributed by atoms with Crippen LogP contribution in [0.3, 0.4) is 0 Å². The van der Waals surface area contributed by atoms with Crippen molar-refractivity contribution < 1.29 is 19.1 Å². The number of carbonyl (C=O) groups excluding carboxylic acids is 3. The van der Waals surface area contributed by atoms with Gasteiger partial charge in [-0.15, -0.1) is 0 Å². The van der Waals surface area contributed by atoms with Gasteiger partial charge in [0.25, 0.3) is 11.8 Å². The molecule has 7 nitrogen and oxygen atoms in total. The highest BCUT2D eigenvalue weighted by atomic mass is 35.5. The Morgan fingerprint density at radius 1 is 1.14 bits per heavy atom. The number of nitriles is 1. The zero-order valence-electron chi connectivity index (χ0n) is 15.8. The molecule has 0 saturated carbocycles. The maximum absolute atomic E-state index is 12.7. The second-order valence-electron chi connectivity index (χ2n) is 6.06. The molecule has 0 aromatic heterocycles. The van der Waals surface area contributed by atoms with Crippen molar-refractivity contribution in [2.75, 3.05) is 18.0 Å². The molecule has 2 amide bonds. The molecular weight excluding hydrogens is 394 g/mol. The zero-order chi connectivity index (χ0) is 21.2. The van der Waals surface area contributed by atoms with Crippen LogP contribution >= 0.6 is 11.6 Å². The lowest BCUT2D eigenvalue weighted by Crippen LogP contribution is -2.42. The zero-order valence-corrected chi connectivity index (χ0v) is 16.6. The van der Waals surface area contributed by atoms with Crippen LogP contribution in [-0.4, -0.2) is 37.0 Å². The van der Waals surface area contributed by atoms with E-state index >= 15 is 0 Å². The lowest BCUT2D eigenvalue weighted by molar-refractivity contribution is -0.152. The predicted molar refractivity (Wildman–Crippen MR) is 108 cm³/mol. The van der Waals surface area contributed by atoms with Crippen LogP contribution in [0.15, 0.2) is 54.6 Å². The Bertz CT molecular complexity index is 894. The van der Waals surface area contributed by atoms with Gasteiger partial charge in [0, 0.05) is 22.8 Å². The normalized spacial score (nSPS) is 11.1. The molecular formula is C21H20ClN3O4. The van der Waals surface area contributed by atoms with E-state index in [0.29, 0.717) is 16.3 Å². The number of carbonyl (C=O) groups is 3. The van der Waals surface area contributed by atoms with Gasteiger partial charge >= 0.3 is 5.97 Å². The Morgan fingerprint density at radius 3 is 2.41 bits per heavy atom. The summed E-state index contributed by atoms with van der Waals surface area (Å²) in [5, 5.41) is 11.8. The maximum atomic E-state index is 12.7. The Kier molecular flexibility index (Phi) is 8.19. The molecule has 29 heavy (non-hydrogen) atoms.